The van der Waals surface area contributed by atoms with E-state index in [1.54, 1.807) is 6.07 Å². The molecule has 1 aromatic carbocycles. The van der Waals surface area contributed by atoms with Gasteiger partial charge in [-0.1, -0.05) is 18.5 Å². The summed E-state index contributed by atoms with van der Waals surface area (Å²) in [6.45, 7) is 3.50. The molecule has 1 aromatic rings. The number of hydrogen-bond acceptors (Lipinski definition) is 2. The second-order valence-electron chi connectivity index (χ2n) is 3.55. The molecule has 0 saturated heterocycles. The van der Waals surface area contributed by atoms with Crippen LogP contribution in [0.2, 0.25) is 5.02 Å². The Hall–Kier alpha value is -0.800. The highest BCUT2D eigenvalue weighted by Gasteiger charge is 2.05. The summed E-state index contributed by atoms with van der Waals surface area (Å²) < 4.78 is 18.2. The SMILES string of the molecule is CNCC(C)COc1ccc(F)cc1Cl. The number of hydrogen-bond donors (Lipinski definition) is 1. The minimum atomic E-state index is -0.351. The zero-order chi connectivity index (χ0) is 11.3. The predicted molar refractivity (Wildman–Crippen MR) is 60.0 cm³/mol. The van der Waals surface area contributed by atoms with E-state index in [1.165, 1.54) is 12.1 Å². The number of nitrogens with one attached hydrogen (secondary N) is 1. The van der Waals surface area contributed by atoms with Crippen LogP contribution in [0.25, 0.3) is 0 Å². The normalized spacial score (nSPS) is 12.5. The number of halogens is 2. The van der Waals surface area contributed by atoms with Gasteiger partial charge in [-0.25, -0.2) is 4.39 Å². The predicted octanol–water partition coefficient (Wildman–Crippen LogP) is 2.71. The summed E-state index contributed by atoms with van der Waals surface area (Å²) in [7, 11) is 1.89. The number of ether oxygens (including phenoxy) is 1. The molecule has 0 saturated carbocycles. The highest BCUT2D eigenvalue weighted by atomic mass is 35.5. The maximum atomic E-state index is 12.7. The molecule has 0 spiro atoms. The Kier molecular flexibility index (Phi) is 4.85. The molecule has 0 bridgehead atoms. The summed E-state index contributed by atoms with van der Waals surface area (Å²) in [5, 5.41) is 3.37. The van der Waals surface area contributed by atoms with E-state index in [0.29, 0.717) is 23.3 Å². The van der Waals surface area contributed by atoms with E-state index in [-0.39, 0.29) is 5.82 Å². The van der Waals surface area contributed by atoms with Crippen molar-refractivity contribution in [3.8, 4) is 5.75 Å². The Morgan fingerprint density at radius 2 is 2.27 bits per heavy atom. The van der Waals surface area contributed by atoms with Crippen molar-refractivity contribution in [3.63, 3.8) is 0 Å². The molecule has 1 atom stereocenters. The maximum absolute atomic E-state index is 12.7. The smallest absolute Gasteiger partial charge is 0.138 e. The van der Waals surface area contributed by atoms with Gasteiger partial charge < -0.3 is 10.1 Å². The minimum absolute atomic E-state index is 0.312. The highest BCUT2D eigenvalue weighted by Crippen LogP contribution is 2.25. The standard InChI is InChI=1S/C11H15ClFNO/c1-8(6-14-2)7-15-11-4-3-9(13)5-10(11)12/h3-5,8,14H,6-7H2,1-2H3. The first-order valence-corrected chi connectivity index (χ1v) is 5.23. The lowest BCUT2D eigenvalue weighted by Crippen LogP contribution is -2.21. The molecule has 1 unspecified atom stereocenters. The van der Waals surface area contributed by atoms with Gasteiger partial charge in [0.15, 0.2) is 0 Å². The topological polar surface area (TPSA) is 21.3 Å². The van der Waals surface area contributed by atoms with Crippen LogP contribution < -0.4 is 10.1 Å². The molecule has 0 radical (unpaired) electrons. The highest BCUT2D eigenvalue weighted by molar-refractivity contribution is 6.32. The second kappa shape index (κ2) is 5.93. The molecule has 0 fully saturated rings. The lowest BCUT2D eigenvalue weighted by molar-refractivity contribution is 0.258. The Bertz CT molecular complexity index is 319. The fourth-order valence-corrected chi connectivity index (χ4v) is 1.45. The molecule has 0 aliphatic rings. The van der Waals surface area contributed by atoms with Crippen molar-refractivity contribution in [1.82, 2.24) is 5.32 Å². The average molecular weight is 232 g/mol. The summed E-state index contributed by atoms with van der Waals surface area (Å²) >= 11 is 5.81. The summed E-state index contributed by atoms with van der Waals surface area (Å²) in [6.07, 6.45) is 0. The minimum Gasteiger partial charge on any atom is -0.492 e. The first kappa shape index (κ1) is 12.3. The van der Waals surface area contributed by atoms with Gasteiger partial charge >= 0.3 is 0 Å². The molecule has 4 heteroatoms. The molecule has 0 aliphatic carbocycles. The number of benzene rings is 1. The molecule has 0 heterocycles. The van der Waals surface area contributed by atoms with Gasteiger partial charge in [0.25, 0.3) is 0 Å². The van der Waals surface area contributed by atoms with E-state index in [4.69, 9.17) is 16.3 Å². The Morgan fingerprint density at radius 1 is 1.53 bits per heavy atom. The van der Waals surface area contributed by atoms with Gasteiger partial charge in [0.1, 0.15) is 11.6 Å². The molecule has 0 aliphatic heterocycles. The van der Waals surface area contributed by atoms with Gasteiger partial charge in [-0.15, -0.1) is 0 Å². The van der Waals surface area contributed by atoms with Gasteiger partial charge in [0.05, 0.1) is 11.6 Å². The lowest BCUT2D eigenvalue weighted by Gasteiger charge is -2.13. The summed E-state index contributed by atoms with van der Waals surface area (Å²) in [4.78, 5) is 0. The molecule has 15 heavy (non-hydrogen) atoms. The van der Waals surface area contributed by atoms with Crippen molar-refractivity contribution in [2.24, 2.45) is 5.92 Å². The molecule has 0 amide bonds. The average Bonchev–Trinajstić information content (AvgIpc) is 2.17. The Morgan fingerprint density at radius 3 is 2.87 bits per heavy atom. The third-order valence-electron chi connectivity index (χ3n) is 1.97. The largest absolute Gasteiger partial charge is 0.492 e. The van der Waals surface area contributed by atoms with Gasteiger partial charge in [0.2, 0.25) is 0 Å². The monoisotopic (exact) mass is 231 g/mol. The first-order valence-electron chi connectivity index (χ1n) is 4.86. The Balaban J connectivity index is 2.50. The molecule has 84 valence electrons. The zero-order valence-electron chi connectivity index (χ0n) is 8.89. The van der Waals surface area contributed by atoms with Crippen LogP contribution in [-0.4, -0.2) is 20.2 Å². The lowest BCUT2D eigenvalue weighted by atomic mass is 10.2. The van der Waals surface area contributed by atoms with Crippen LogP contribution in [0.1, 0.15) is 6.92 Å². The fourth-order valence-electron chi connectivity index (χ4n) is 1.23. The van der Waals surface area contributed by atoms with E-state index in [0.717, 1.165) is 6.54 Å². The van der Waals surface area contributed by atoms with E-state index < -0.39 is 0 Å². The van der Waals surface area contributed by atoms with E-state index >= 15 is 0 Å². The molecule has 2 nitrogen and oxygen atoms in total. The van der Waals surface area contributed by atoms with Crippen LogP contribution in [-0.2, 0) is 0 Å². The van der Waals surface area contributed by atoms with Crippen LogP contribution in [0.5, 0.6) is 5.75 Å². The summed E-state index contributed by atoms with van der Waals surface area (Å²) in [6, 6.07) is 4.13. The van der Waals surface area contributed by atoms with Crippen LogP contribution >= 0.6 is 11.6 Å². The zero-order valence-corrected chi connectivity index (χ0v) is 9.64. The first-order chi connectivity index (χ1) is 7.13. The third kappa shape index (κ3) is 4.06. The van der Waals surface area contributed by atoms with Gasteiger partial charge in [-0.2, -0.15) is 0 Å². The summed E-state index contributed by atoms with van der Waals surface area (Å²) in [5.41, 5.74) is 0. The van der Waals surface area contributed by atoms with Gasteiger partial charge in [0, 0.05) is 12.5 Å². The third-order valence-corrected chi connectivity index (χ3v) is 2.27. The number of rotatable bonds is 5. The molecular formula is C11H15ClFNO. The van der Waals surface area contributed by atoms with Crippen LogP contribution in [0.3, 0.4) is 0 Å². The molecule has 1 N–H and O–H groups in total. The fraction of sp³-hybridized carbons (Fsp3) is 0.455. The van der Waals surface area contributed by atoms with Crippen molar-refractivity contribution in [2.75, 3.05) is 20.2 Å². The Labute approximate surface area is 94.4 Å². The molecule has 1 rings (SSSR count). The second-order valence-corrected chi connectivity index (χ2v) is 3.96. The maximum Gasteiger partial charge on any atom is 0.138 e. The molecular weight excluding hydrogens is 217 g/mol. The van der Waals surface area contributed by atoms with Crippen molar-refractivity contribution >= 4 is 11.6 Å². The van der Waals surface area contributed by atoms with E-state index in [2.05, 4.69) is 12.2 Å². The quantitative estimate of drug-likeness (QED) is 0.842. The van der Waals surface area contributed by atoms with Gasteiger partial charge in [-0.3, -0.25) is 0 Å². The van der Waals surface area contributed by atoms with Crippen molar-refractivity contribution in [3.05, 3.63) is 29.0 Å². The van der Waals surface area contributed by atoms with E-state index in [1.807, 2.05) is 7.05 Å². The van der Waals surface area contributed by atoms with Crippen LogP contribution in [0, 0.1) is 11.7 Å². The molecule has 0 aromatic heterocycles. The van der Waals surface area contributed by atoms with Crippen LogP contribution in [0.4, 0.5) is 4.39 Å². The summed E-state index contributed by atoms with van der Waals surface area (Å²) in [5.74, 6) is 0.563. The van der Waals surface area contributed by atoms with Crippen molar-refractivity contribution in [1.29, 1.82) is 0 Å². The van der Waals surface area contributed by atoms with Crippen molar-refractivity contribution < 1.29 is 9.13 Å². The van der Waals surface area contributed by atoms with Gasteiger partial charge in [-0.05, 0) is 25.2 Å². The van der Waals surface area contributed by atoms with E-state index in [9.17, 15) is 4.39 Å². The van der Waals surface area contributed by atoms with Crippen LogP contribution in [0.15, 0.2) is 18.2 Å². The van der Waals surface area contributed by atoms with Crippen molar-refractivity contribution in [2.45, 2.75) is 6.92 Å².